The lowest BCUT2D eigenvalue weighted by Gasteiger charge is -2.14. The van der Waals surface area contributed by atoms with Gasteiger partial charge in [0.25, 0.3) is 0 Å². The molecule has 0 amide bonds. The number of hydrogen-bond acceptors (Lipinski definition) is 7. The van der Waals surface area contributed by atoms with Crippen molar-refractivity contribution < 1.29 is 28.5 Å². The van der Waals surface area contributed by atoms with Gasteiger partial charge in [-0.2, -0.15) is 0 Å². The van der Waals surface area contributed by atoms with Gasteiger partial charge in [0, 0.05) is 17.5 Å². The number of rotatable bonds is 10. The molecule has 0 radical (unpaired) electrons. The summed E-state index contributed by atoms with van der Waals surface area (Å²) in [6.45, 7) is 1.80. The van der Waals surface area contributed by atoms with Crippen LogP contribution in [0.15, 0.2) is 65.3 Å². The van der Waals surface area contributed by atoms with Crippen LogP contribution in [0.3, 0.4) is 0 Å². The van der Waals surface area contributed by atoms with Gasteiger partial charge in [-0.25, -0.2) is 14.8 Å². The molecule has 2 aromatic heterocycles. The van der Waals surface area contributed by atoms with Crippen LogP contribution in [0.25, 0.3) is 33.6 Å². The zero-order chi connectivity index (χ0) is 23.2. The minimum absolute atomic E-state index is 0.258. The van der Waals surface area contributed by atoms with Crippen molar-refractivity contribution in [2.24, 2.45) is 0 Å². The van der Waals surface area contributed by atoms with Crippen LogP contribution in [0.4, 0.5) is 0 Å². The van der Waals surface area contributed by atoms with Gasteiger partial charge < -0.3 is 23.7 Å². The molecule has 4 aromatic rings. The van der Waals surface area contributed by atoms with E-state index in [1.807, 2.05) is 61.5 Å². The van der Waals surface area contributed by atoms with Crippen LogP contribution in [0, 0.1) is 0 Å². The minimum Gasteiger partial charge on any atom is -0.497 e. The van der Waals surface area contributed by atoms with Gasteiger partial charge >= 0.3 is 5.97 Å². The topological polar surface area (TPSA) is 104 Å². The Kier molecular flexibility index (Phi) is 6.85. The Morgan fingerprint density at radius 3 is 2.52 bits per heavy atom. The summed E-state index contributed by atoms with van der Waals surface area (Å²) in [7, 11) is 1.62. The predicted molar refractivity (Wildman–Crippen MR) is 122 cm³/mol. The maximum Gasteiger partial charge on any atom is 0.329 e. The highest BCUT2D eigenvalue weighted by atomic mass is 16.5. The van der Waals surface area contributed by atoms with Crippen molar-refractivity contribution in [2.45, 2.75) is 19.4 Å². The lowest BCUT2D eigenvalue weighted by Crippen LogP contribution is -2.17. The third-order valence-corrected chi connectivity index (χ3v) is 5.08. The van der Waals surface area contributed by atoms with E-state index < -0.39 is 5.97 Å². The smallest absolute Gasteiger partial charge is 0.329 e. The van der Waals surface area contributed by atoms with Crippen LogP contribution in [-0.2, 0) is 9.53 Å². The number of carboxylic acids is 1. The van der Waals surface area contributed by atoms with Crippen LogP contribution < -0.4 is 9.47 Å². The number of ether oxygens (including phenoxy) is 3. The second-order valence-electron chi connectivity index (χ2n) is 7.42. The molecule has 1 N–H and O–H groups in total. The number of nitrogens with zero attached hydrogens (tertiary/aromatic N) is 2. The molecule has 1 unspecified atom stereocenters. The van der Waals surface area contributed by atoms with E-state index in [-0.39, 0.29) is 19.3 Å². The number of aromatic nitrogens is 2. The molecule has 0 bridgehead atoms. The van der Waals surface area contributed by atoms with E-state index in [0.717, 1.165) is 22.4 Å². The van der Waals surface area contributed by atoms with Gasteiger partial charge in [0.1, 0.15) is 29.8 Å². The average Bonchev–Trinajstić information content (AvgIpc) is 3.23. The van der Waals surface area contributed by atoms with Crippen LogP contribution >= 0.6 is 0 Å². The van der Waals surface area contributed by atoms with Gasteiger partial charge in [-0.15, -0.1) is 0 Å². The van der Waals surface area contributed by atoms with E-state index in [1.54, 1.807) is 7.11 Å². The molecule has 0 saturated heterocycles. The Hall–Kier alpha value is -3.91. The number of methoxy groups -OCH3 is 1. The van der Waals surface area contributed by atoms with Crippen LogP contribution in [-0.4, -0.2) is 47.5 Å². The first-order valence-corrected chi connectivity index (χ1v) is 10.5. The van der Waals surface area contributed by atoms with Crippen molar-refractivity contribution in [3.8, 4) is 34.1 Å². The van der Waals surface area contributed by atoms with Crippen molar-refractivity contribution in [3.63, 3.8) is 0 Å². The Labute approximate surface area is 190 Å². The molecule has 4 rings (SSSR count). The molecular weight excluding hydrogens is 424 g/mol. The fraction of sp³-hybridized carbons (Fsp3) is 0.240. The summed E-state index contributed by atoms with van der Waals surface area (Å²) in [6, 6.07) is 17.5. The van der Waals surface area contributed by atoms with Crippen LogP contribution in [0.2, 0.25) is 0 Å². The van der Waals surface area contributed by atoms with Crippen molar-refractivity contribution in [1.82, 2.24) is 9.97 Å². The predicted octanol–water partition coefficient (Wildman–Crippen LogP) is 4.82. The Balaban J connectivity index is 1.74. The highest BCUT2D eigenvalue weighted by molar-refractivity contribution is 6.03. The molecule has 0 fully saturated rings. The second-order valence-corrected chi connectivity index (χ2v) is 7.42. The Morgan fingerprint density at radius 2 is 1.82 bits per heavy atom. The summed E-state index contributed by atoms with van der Waals surface area (Å²) in [5.41, 5.74) is 3.05. The lowest BCUT2D eigenvalue weighted by atomic mass is 9.99. The van der Waals surface area contributed by atoms with Crippen molar-refractivity contribution >= 4 is 17.1 Å². The number of aliphatic carboxylic acids is 1. The highest BCUT2D eigenvalue weighted by Gasteiger charge is 2.23. The quantitative estimate of drug-likeness (QED) is 0.344. The number of carboxylic acid groups (broad SMARTS) is 1. The van der Waals surface area contributed by atoms with Gasteiger partial charge in [0.05, 0.1) is 19.8 Å². The van der Waals surface area contributed by atoms with Gasteiger partial charge in [-0.05, 0) is 24.6 Å². The number of hydrogen-bond donors (Lipinski definition) is 1. The van der Waals surface area contributed by atoms with E-state index in [4.69, 9.17) is 23.7 Å². The summed E-state index contributed by atoms with van der Waals surface area (Å²) in [5.74, 6) is 0.800. The van der Waals surface area contributed by atoms with Gasteiger partial charge in [-0.3, -0.25) is 0 Å². The average molecular weight is 448 g/mol. The molecule has 2 heterocycles. The van der Waals surface area contributed by atoms with E-state index >= 15 is 0 Å². The van der Waals surface area contributed by atoms with Gasteiger partial charge in [-0.1, -0.05) is 42.5 Å². The Morgan fingerprint density at radius 1 is 1.06 bits per heavy atom. The minimum atomic E-state index is -1.00. The van der Waals surface area contributed by atoms with Crippen LogP contribution in [0.5, 0.6) is 11.6 Å². The number of furan rings is 1. The molecule has 170 valence electrons. The van der Waals surface area contributed by atoms with Crippen molar-refractivity contribution in [1.29, 1.82) is 0 Å². The van der Waals surface area contributed by atoms with Crippen molar-refractivity contribution in [2.75, 3.05) is 20.3 Å². The zero-order valence-corrected chi connectivity index (χ0v) is 18.4. The molecule has 0 saturated carbocycles. The summed E-state index contributed by atoms with van der Waals surface area (Å²) in [5, 5.41) is 9.38. The van der Waals surface area contributed by atoms with E-state index in [1.165, 1.54) is 6.33 Å². The molecule has 33 heavy (non-hydrogen) atoms. The first kappa shape index (κ1) is 22.3. The fourth-order valence-electron chi connectivity index (χ4n) is 3.48. The molecule has 2 aromatic carbocycles. The summed E-state index contributed by atoms with van der Waals surface area (Å²) in [6.07, 6.45) is 1.64. The molecule has 0 aliphatic heterocycles. The lowest BCUT2D eigenvalue weighted by molar-refractivity contribution is -0.142. The summed E-state index contributed by atoms with van der Waals surface area (Å²) < 4.78 is 22.7. The highest BCUT2D eigenvalue weighted by Crippen LogP contribution is 2.43. The normalized spacial score (nSPS) is 11.9. The largest absolute Gasteiger partial charge is 0.497 e. The molecule has 0 spiro atoms. The SMILES string of the molecule is COc1ccc(-c2c(-c3ccccc3)oc3ncnc(OC(C)CCOCC(=O)O)c23)cc1. The summed E-state index contributed by atoms with van der Waals surface area (Å²) >= 11 is 0. The third-order valence-electron chi connectivity index (χ3n) is 5.08. The molecule has 0 aliphatic carbocycles. The van der Waals surface area contributed by atoms with Crippen LogP contribution in [0.1, 0.15) is 13.3 Å². The van der Waals surface area contributed by atoms with E-state index in [0.29, 0.717) is 29.2 Å². The standard InChI is InChI=1S/C25H24N2O6/c1-16(12-13-31-14-20(28)29)32-24-22-21(17-8-10-19(30-2)11-9-17)23(18-6-4-3-5-7-18)33-25(22)27-15-26-24/h3-11,15-16H,12-14H2,1-2H3,(H,28,29). The molecule has 1 atom stereocenters. The molecule has 8 heteroatoms. The number of fused-ring (bicyclic) bond motifs is 1. The number of carbonyl (C=O) groups is 1. The third kappa shape index (κ3) is 5.12. The number of benzene rings is 2. The maximum atomic E-state index is 10.6. The summed E-state index contributed by atoms with van der Waals surface area (Å²) in [4.78, 5) is 19.3. The first-order chi connectivity index (χ1) is 16.1. The molecular formula is C25H24N2O6. The van der Waals surface area contributed by atoms with Gasteiger partial charge in [0.2, 0.25) is 11.6 Å². The first-order valence-electron chi connectivity index (χ1n) is 10.5. The monoisotopic (exact) mass is 448 g/mol. The molecule has 0 aliphatic rings. The second kappa shape index (κ2) is 10.1. The van der Waals surface area contributed by atoms with Crippen molar-refractivity contribution in [3.05, 3.63) is 60.9 Å². The van der Waals surface area contributed by atoms with Gasteiger partial charge in [0.15, 0.2) is 0 Å². The fourth-order valence-corrected chi connectivity index (χ4v) is 3.48. The maximum absolute atomic E-state index is 10.6. The van der Waals surface area contributed by atoms with E-state index in [9.17, 15) is 4.79 Å². The molecule has 8 nitrogen and oxygen atoms in total. The zero-order valence-electron chi connectivity index (χ0n) is 18.4. The van der Waals surface area contributed by atoms with E-state index in [2.05, 4.69) is 9.97 Å². The Bertz CT molecular complexity index is 1220.